The average Bonchev–Trinajstić information content (AvgIpc) is 3.60. The number of rotatable bonds is 5. The maximum absolute atomic E-state index is 12.4. The van der Waals surface area contributed by atoms with E-state index in [1.807, 2.05) is 54.5 Å². The largest absolute Gasteiger partial charge is 0.352 e. The molecular weight excluding hydrogens is 464 g/mol. The van der Waals surface area contributed by atoms with Gasteiger partial charge in [0.15, 0.2) is 0 Å². The van der Waals surface area contributed by atoms with Crippen LogP contribution in [0, 0.1) is 12.8 Å². The number of aryl methyl sites for hydroxylation is 1. The molecule has 1 aliphatic carbocycles. The van der Waals surface area contributed by atoms with E-state index in [1.165, 1.54) is 0 Å². The Balaban J connectivity index is 1.26. The molecule has 1 saturated carbocycles. The minimum absolute atomic E-state index is 0.0799. The Hall–Kier alpha value is -4.79. The first-order valence-corrected chi connectivity index (χ1v) is 12.3. The summed E-state index contributed by atoms with van der Waals surface area (Å²) >= 11 is 0. The third kappa shape index (κ3) is 3.76. The summed E-state index contributed by atoms with van der Waals surface area (Å²) < 4.78 is 1.98. The van der Waals surface area contributed by atoms with Crippen LogP contribution in [0.1, 0.15) is 25.0 Å². The van der Waals surface area contributed by atoms with Crippen molar-refractivity contribution in [2.75, 3.05) is 5.32 Å². The molecule has 0 radical (unpaired) electrons. The summed E-state index contributed by atoms with van der Waals surface area (Å²) in [6, 6.07) is 10.2. The molecule has 37 heavy (non-hydrogen) atoms. The van der Waals surface area contributed by atoms with Crippen LogP contribution in [-0.4, -0.2) is 40.6 Å². The Kier molecular flexibility index (Phi) is 4.88. The number of H-pyrrole nitrogens is 2. The fourth-order valence-corrected chi connectivity index (χ4v) is 4.90. The first kappa shape index (κ1) is 21.5. The Morgan fingerprint density at radius 3 is 2.70 bits per heavy atom. The maximum atomic E-state index is 12.4. The number of amides is 1. The summed E-state index contributed by atoms with van der Waals surface area (Å²) in [4.78, 5) is 29.0. The monoisotopic (exact) mass is 488 g/mol. The molecular formula is C28H24N8O. The molecule has 1 aromatic carbocycles. The predicted octanol–water partition coefficient (Wildman–Crippen LogP) is 5.40. The van der Waals surface area contributed by atoms with Gasteiger partial charge in [0.2, 0.25) is 5.91 Å². The van der Waals surface area contributed by atoms with Gasteiger partial charge in [-0.3, -0.25) is 19.9 Å². The van der Waals surface area contributed by atoms with Crippen molar-refractivity contribution < 1.29 is 4.79 Å². The second-order valence-corrected chi connectivity index (χ2v) is 9.64. The molecule has 0 spiro atoms. The van der Waals surface area contributed by atoms with E-state index in [9.17, 15) is 4.79 Å². The van der Waals surface area contributed by atoms with Gasteiger partial charge in [-0.2, -0.15) is 5.10 Å². The number of anilines is 1. The lowest BCUT2D eigenvalue weighted by atomic mass is 9.85. The number of benzene rings is 1. The highest BCUT2D eigenvalue weighted by Gasteiger charge is 2.25. The van der Waals surface area contributed by atoms with E-state index < -0.39 is 0 Å². The van der Waals surface area contributed by atoms with Gasteiger partial charge < -0.3 is 14.9 Å². The number of hydrogen-bond donors (Lipinski definition) is 3. The lowest BCUT2D eigenvalue weighted by Crippen LogP contribution is -2.28. The molecule has 0 unspecified atom stereocenters. The molecule has 9 heteroatoms. The van der Waals surface area contributed by atoms with Gasteiger partial charge in [0, 0.05) is 34.6 Å². The lowest BCUT2D eigenvalue weighted by molar-refractivity contribution is -0.122. The number of nitrogens with one attached hydrogen (secondary N) is 3. The summed E-state index contributed by atoms with van der Waals surface area (Å²) in [6.07, 6.45) is 14.0. The molecule has 1 fully saturated rings. The average molecular weight is 489 g/mol. The summed E-state index contributed by atoms with van der Waals surface area (Å²) in [5, 5.41) is 12.8. The second-order valence-electron chi connectivity index (χ2n) is 9.64. The van der Waals surface area contributed by atoms with Crippen LogP contribution in [0.15, 0.2) is 67.6 Å². The van der Waals surface area contributed by atoms with Crippen LogP contribution < -0.4 is 5.32 Å². The summed E-state index contributed by atoms with van der Waals surface area (Å²) in [5.41, 5.74) is 8.11. The fraction of sp³-hybridized carbons (Fsp3) is 0.179. The topological polar surface area (TPSA) is 117 Å². The van der Waals surface area contributed by atoms with Gasteiger partial charge in [-0.25, -0.2) is 4.98 Å². The number of carbonyl (C=O) groups excluding carboxylic acids is 1. The Bertz CT molecular complexity index is 1790. The number of fused-ring (bicyclic) bond motifs is 2. The molecule has 3 N–H and O–H groups in total. The van der Waals surface area contributed by atoms with Crippen LogP contribution >= 0.6 is 0 Å². The van der Waals surface area contributed by atoms with Crippen molar-refractivity contribution in [1.82, 2.24) is 34.7 Å². The molecule has 0 aliphatic heterocycles. The van der Waals surface area contributed by atoms with Gasteiger partial charge >= 0.3 is 0 Å². The Labute approximate surface area is 212 Å². The summed E-state index contributed by atoms with van der Waals surface area (Å²) in [7, 11) is 0. The van der Waals surface area contributed by atoms with Crippen molar-refractivity contribution in [3.63, 3.8) is 0 Å². The van der Waals surface area contributed by atoms with Gasteiger partial charge in [-0.15, -0.1) is 0 Å². The molecule has 1 amide bonds. The normalized spacial score (nSPS) is 13.8. The summed E-state index contributed by atoms with van der Waals surface area (Å²) in [6.45, 7) is 1.97. The van der Waals surface area contributed by atoms with Crippen molar-refractivity contribution in [2.45, 2.75) is 26.2 Å². The lowest BCUT2D eigenvalue weighted by Gasteiger charge is -2.24. The van der Waals surface area contributed by atoms with Gasteiger partial charge in [-0.1, -0.05) is 12.5 Å². The number of aromatic nitrogens is 7. The highest BCUT2D eigenvalue weighted by Crippen LogP contribution is 2.34. The predicted molar refractivity (Wildman–Crippen MR) is 142 cm³/mol. The standard InChI is InChI=1S/C28H24N8O/c1-16-14-36(15-31-16)26-13-30-12-25-21(26)9-24(33-25)27-22-8-18(5-6-23(22)34-35-27)19-7-20(11-29-10-19)32-28(37)17-3-2-4-17/h5-15,17,33H,2-4H2,1H3,(H,32,37)(H,34,35). The van der Waals surface area contributed by atoms with Gasteiger partial charge in [-0.05, 0) is 49.6 Å². The molecule has 6 aromatic rings. The molecule has 182 valence electrons. The highest BCUT2D eigenvalue weighted by molar-refractivity contribution is 5.99. The first-order valence-electron chi connectivity index (χ1n) is 12.3. The Morgan fingerprint density at radius 2 is 1.89 bits per heavy atom. The van der Waals surface area contributed by atoms with Crippen molar-refractivity contribution in [3.8, 4) is 28.2 Å². The number of aromatic amines is 2. The van der Waals surface area contributed by atoms with E-state index in [0.717, 1.165) is 75.0 Å². The molecule has 5 aromatic heterocycles. The van der Waals surface area contributed by atoms with Gasteiger partial charge in [0.05, 0.1) is 58.7 Å². The van der Waals surface area contributed by atoms with Crippen LogP contribution in [0.5, 0.6) is 0 Å². The molecule has 0 bridgehead atoms. The maximum Gasteiger partial charge on any atom is 0.227 e. The number of hydrogen-bond acceptors (Lipinski definition) is 5. The molecule has 7 rings (SSSR count). The van der Waals surface area contributed by atoms with Crippen LogP contribution in [0.25, 0.3) is 50.0 Å². The molecule has 0 saturated heterocycles. The zero-order valence-electron chi connectivity index (χ0n) is 20.2. The van der Waals surface area contributed by atoms with E-state index in [2.05, 4.69) is 47.6 Å². The molecule has 0 atom stereocenters. The quantitative estimate of drug-likeness (QED) is 0.300. The van der Waals surface area contributed by atoms with Gasteiger partial charge in [0.25, 0.3) is 0 Å². The molecule has 1 aliphatic rings. The number of carbonyl (C=O) groups is 1. The van der Waals surface area contributed by atoms with Crippen molar-refractivity contribution in [1.29, 1.82) is 0 Å². The van der Waals surface area contributed by atoms with Crippen molar-refractivity contribution in [2.24, 2.45) is 5.92 Å². The van der Waals surface area contributed by atoms with Crippen molar-refractivity contribution >= 4 is 33.4 Å². The minimum atomic E-state index is 0.0799. The zero-order chi connectivity index (χ0) is 24.9. The summed E-state index contributed by atoms with van der Waals surface area (Å²) in [5.74, 6) is 0.203. The smallest absolute Gasteiger partial charge is 0.227 e. The van der Waals surface area contributed by atoms with Crippen LogP contribution in [0.4, 0.5) is 5.69 Å². The third-order valence-corrected chi connectivity index (χ3v) is 7.15. The SMILES string of the molecule is Cc1cn(-c2cncc3[nH]c(-c4n[nH]c5ccc(-c6cncc(NC(=O)C7CCC7)c6)cc45)cc23)cn1. The first-order chi connectivity index (χ1) is 18.1. The Morgan fingerprint density at radius 1 is 1.00 bits per heavy atom. The number of imidazole rings is 1. The zero-order valence-corrected chi connectivity index (χ0v) is 20.2. The number of nitrogens with zero attached hydrogens (tertiary/aromatic N) is 5. The second kappa shape index (κ2) is 8.41. The van der Waals surface area contributed by atoms with Crippen LogP contribution in [0.2, 0.25) is 0 Å². The minimum Gasteiger partial charge on any atom is -0.352 e. The van der Waals surface area contributed by atoms with Crippen molar-refractivity contribution in [3.05, 3.63) is 73.3 Å². The molecule has 9 nitrogen and oxygen atoms in total. The van der Waals surface area contributed by atoms with Gasteiger partial charge in [0.1, 0.15) is 5.69 Å². The third-order valence-electron chi connectivity index (χ3n) is 7.15. The fourth-order valence-electron chi connectivity index (χ4n) is 4.90. The molecule has 5 heterocycles. The number of pyridine rings is 2. The van der Waals surface area contributed by atoms with E-state index in [4.69, 9.17) is 0 Å². The van der Waals surface area contributed by atoms with Crippen LogP contribution in [0.3, 0.4) is 0 Å². The van der Waals surface area contributed by atoms with E-state index in [-0.39, 0.29) is 11.8 Å². The van der Waals surface area contributed by atoms with Crippen LogP contribution in [-0.2, 0) is 4.79 Å². The highest BCUT2D eigenvalue weighted by atomic mass is 16.1. The van der Waals surface area contributed by atoms with E-state index in [1.54, 1.807) is 12.5 Å². The van der Waals surface area contributed by atoms with E-state index >= 15 is 0 Å². The van der Waals surface area contributed by atoms with E-state index in [0.29, 0.717) is 5.69 Å².